The lowest BCUT2D eigenvalue weighted by Gasteiger charge is -2.27. The Labute approximate surface area is 337 Å². The standard InChI is InChI=1S/C53H43FN4/c1-53(27-10-3-11-28-53)41-22-18-36(19-23-41)39-30-40(32-42(54)31-39)48(55)26-29-56-35-57-49-16-8-6-14-44(49)46-33-37(20-24-50(46)57)38-21-25-52-47(34-38)45-15-7-9-17-51(45)58(52)43-12-4-2-5-13-43/h2-27,29-34,48,56H,28,35,55H2,1H3/b29-26-. The fourth-order valence-electron chi connectivity index (χ4n) is 8.79. The van der Waals surface area contributed by atoms with Crippen molar-refractivity contribution in [2.24, 2.45) is 5.73 Å². The van der Waals surface area contributed by atoms with Crippen LogP contribution < -0.4 is 11.1 Å². The summed E-state index contributed by atoms with van der Waals surface area (Å²) in [6.07, 6.45) is 13.4. The van der Waals surface area contributed by atoms with Gasteiger partial charge in [0.2, 0.25) is 0 Å². The molecule has 0 spiro atoms. The number of aromatic nitrogens is 2. The number of allylic oxidation sites excluding steroid dienone is 4. The van der Waals surface area contributed by atoms with Gasteiger partial charge in [0.25, 0.3) is 0 Å². The van der Waals surface area contributed by atoms with E-state index in [0.717, 1.165) is 39.8 Å². The highest BCUT2D eigenvalue weighted by atomic mass is 19.1. The lowest BCUT2D eigenvalue weighted by atomic mass is 9.77. The third-order valence-corrected chi connectivity index (χ3v) is 11.9. The van der Waals surface area contributed by atoms with Crippen molar-refractivity contribution in [1.29, 1.82) is 0 Å². The van der Waals surface area contributed by atoms with Gasteiger partial charge < -0.3 is 20.2 Å². The highest BCUT2D eigenvalue weighted by Gasteiger charge is 2.23. The molecule has 0 bridgehead atoms. The van der Waals surface area contributed by atoms with Crippen molar-refractivity contribution in [3.8, 4) is 27.9 Å². The molecule has 4 nitrogen and oxygen atoms in total. The fourth-order valence-corrected chi connectivity index (χ4v) is 8.79. The monoisotopic (exact) mass is 754 g/mol. The quantitative estimate of drug-likeness (QED) is 0.154. The molecule has 0 saturated carbocycles. The van der Waals surface area contributed by atoms with Gasteiger partial charge >= 0.3 is 0 Å². The number of rotatable bonds is 9. The molecule has 0 amide bonds. The van der Waals surface area contributed by atoms with Crippen molar-refractivity contribution in [2.45, 2.75) is 31.5 Å². The second-order valence-electron chi connectivity index (χ2n) is 15.6. The topological polar surface area (TPSA) is 47.9 Å². The van der Waals surface area contributed by atoms with E-state index in [1.165, 1.54) is 55.3 Å². The number of hydrogen-bond donors (Lipinski definition) is 2. The van der Waals surface area contributed by atoms with Crippen LogP contribution in [0.25, 0.3) is 71.6 Å². The molecule has 2 unspecified atom stereocenters. The van der Waals surface area contributed by atoms with E-state index in [-0.39, 0.29) is 11.2 Å². The van der Waals surface area contributed by atoms with Crippen molar-refractivity contribution in [1.82, 2.24) is 14.5 Å². The van der Waals surface area contributed by atoms with Crippen molar-refractivity contribution in [3.63, 3.8) is 0 Å². The van der Waals surface area contributed by atoms with Crippen molar-refractivity contribution < 1.29 is 4.39 Å². The molecule has 3 N–H and O–H groups in total. The van der Waals surface area contributed by atoms with Crippen LogP contribution in [0.4, 0.5) is 4.39 Å². The summed E-state index contributed by atoms with van der Waals surface area (Å²) in [5.74, 6) is -0.302. The SMILES string of the molecule is CC1(c2ccc(-c3cc(F)cc(C(N)/C=C\NCn4c5ccccc5c5cc(-c6ccc7c(c6)c6ccccc6n7-c6ccccc6)ccc54)c3)cc2)C=CC=CC1. The number of hydrogen-bond acceptors (Lipinski definition) is 2. The van der Waals surface area contributed by atoms with E-state index in [0.29, 0.717) is 6.67 Å². The molecule has 2 heterocycles. The van der Waals surface area contributed by atoms with E-state index in [4.69, 9.17) is 5.73 Å². The number of fused-ring (bicyclic) bond motifs is 6. The van der Waals surface area contributed by atoms with Crippen LogP contribution in [0.15, 0.2) is 194 Å². The van der Waals surface area contributed by atoms with Gasteiger partial charge in [-0.25, -0.2) is 4.39 Å². The molecule has 9 aromatic rings. The van der Waals surface area contributed by atoms with Crippen LogP contribution in [0.2, 0.25) is 0 Å². The molecule has 10 rings (SSSR count). The molecular weight excluding hydrogens is 712 g/mol. The van der Waals surface area contributed by atoms with Gasteiger partial charge in [0.15, 0.2) is 0 Å². The second kappa shape index (κ2) is 14.5. The minimum atomic E-state index is -0.487. The Kier molecular flexibility index (Phi) is 8.88. The van der Waals surface area contributed by atoms with Gasteiger partial charge in [-0.15, -0.1) is 0 Å². The summed E-state index contributed by atoms with van der Waals surface area (Å²) >= 11 is 0. The molecular formula is C53H43FN4. The molecule has 0 saturated heterocycles. The number of benzene rings is 7. The molecule has 2 aromatic heterocycles. The van der Waals surface area contributed by atoms with Gasteiger partial charge in [0, 0.05) is 38.7 Å². The first-order valence-electron chi connectivity index (χ1n) is 19.9. The fraction of sp³-hybridized carbons (Fsp3) is 0.0943. The van der Waals surface area contributed by atoms with Crippen LogP contribution >= 0.6 is 0 Å². The molecule has 2 atom stereocenters. The molecule has 0 fully saturated rings. The third kappa shape index (κ3) is 6.30. The number of nitrogens with two attached hydrogens (primary N) is 1. The normalized spacial score (nSPS) is 16.0. The Morgan fingerprint density at radius 2 is 1.26 bits per heavy atom. The zero-order chi connectivity index (χ0) is 39.2. The average molecular weight is 755 g/mol. The predicted molar refractivity (Wildman–Crippen MR) is 241 cm³/mol. The first-order chi connectivity index (χ1) is 28.4. The first-order valence-corrected chi connectivity index (χ1v) is 19.9. The molecule has 58 heavy (non-hydrogen) atoms. The Bertz CT molecular complexity index is 3070. The number of nitrogens with one attached hydrogen (secondary N) is 1. The average Bonchev–Trinajstić information content (AvgIpc) is 3.77. The maximum absolute atomic E-state index is 15.0. The zero-order valence-electron chi connectivity index (χ0n) is 32.3. The summed E-state index contributed by atoms with van der Waals surface area (Å²) < 4.78 is 19.6. The maximum atomic E-state index is 15.0. The van der Waals surface area contributed by atoms with E-state index in [1.54, 1.807) is 6.07 Å². The van der Waals surface area contributed by atoms with E-state index < -0.39 is 6.04 Å². The minimum Gasteiger partial charge on any atom is -0.374 e. The largest absolute Gasteiger partial charge is 0.374 e. The van der Waals surface area contributed by atoms with Crippen molar-refractivity contribution in [2.75, 3.05) is 0 Å². The van der Waals surface area contributed by atoms with Crippen molar-refractivity contribution in [3.05, 3.63) is 211 Å². The Balaban J connectivity index is 0.903. The lowest BCUT2D eigenvalue weighted by molar-refractivity contribution is 0.600. The first kappa shape index (κ1) is 35.5. The summed E-state index contributed by atoms with van der Waals surface area (Å²) in [4.78, 5) is 0. The maximum Gasteiger partial charge on any atom is 0.124 e. The third-order valence-electron chi connectivity index (χ3n) is 11.9. The van der Waals surface area contributed by atoms with Gasteiger partial charge in [-0.1, -0.05) is 122 Å². The minimum absolute atomic E-state index is 0.0362. The van der Waals surface area contributed by atoms with Gasteiger partial charge in [-0.3, -0.25) is 0 Å². The summed E-state index contributed by atoms with van der Waals surface area (Å²) in [6, 6.07) is 54.4. The molecule has 1 aliphatic carbocycles. The highest BCUT2D eigenvalue weighted by molar-refractivity contribution is 6.12. The van der Waals surface area contributed by atoms with E-state index in [2.05, 4.69) is 185 Å². The zero-order valence-corrected chi connectivity index (χ0v) is 32.3. The van der Waals surface area contributed by atoms with Gasteiger partial charge in [0.05, 0.1) is 28.7 Å². The summed E-state index contributed by atoms with van der Waals surface area (Å²) in [5.41, 5.74) is 18.5. The summed E-state index contributed by atoms with van der Waals surface area (Å²) in [7, 11) is 0. The van der Waals surface area contributed by atoms with Gasteiger partial charge in [-0.2, -0.15) is 0 Å². The number of halogens is 1. The van der Waals surface area contributed by atoms with Crippen molar-refractivity contribution >= 4 is 43.6 Å². The molecule has 5 heteroatoms. The predicted octanol–water partition coefficient (Wildman–Crippen LogP) is 12.9. The van der Waals surface area contributed by atoms with Crippen LogP contribution in [-0.2, 0) is 12.1 Å². The summed E-state index contributed by atoms with van der Waals surface area (Å²) in [5, 5.41) is 8.34. The highest BCUT2D eigenvalue weighted by Crippen LogP contribution is 2.38. The molecule has 0 aliphatic heterocycles. The van der Waals surface area contributed by atoms with E-state index >= 15 is 0 Å². The van der Waals surface area contributed by atoms with Crippen LogP contribution in [0, 0.1) is 5.82 Å². The van der Waals surface area contributed by atoms with Crippen LogP contribution in [0.5, 0.6) is 0 Å². The molecule has 282 valence electrons. The smallest absolute Gasteiger partial charge is 0.124 e. The van der Waals surface area contributed by atoms with Crippen LogP contribution in [0.3, 0.4) is 0 Å². The molecule has 7 aromatic carbocycles. The van der Waals surface area contributed by atoms with Crippen LogP contribution in [0.1, 0.15) is 30.5 Å². The van der Waals surface area contributed by atoms with Gasteiger partial charge in [-0.05, 0) is 119 Å². The molecule has 1 aliphatic rings. The Morgan fingerprint density at radius 3 is 2.00 bits per heavy atom. The number of para-hydroxylation sites is 3. The van der Waals surface area contributed by atoms with E-state index in [1.807, 2.05) is 18.3 Å². The molecule has 0 radical (unpaired) electrons. The van der Waals surface area contributed by atoms with Crippen LogP contribution in [-0.4, -0.2) is 9.13 Å². The summed E-state index contributed by atoms with van der Waals surface area (Å²) in [6.45, 7) is 2.79. The lowest BCUT2D eigenvalue weighted by Crippen LogP contribution is -2.19. The van der Waals surface area contributed by atoms with E-state index in [9.17, 15) is 4.39 Å². The van der Waals surface area contributed by atoms with Gasteiger partial charge in [0.1, 0.15) is 5.82 Å². The Morgan fingerprint density at radius 1 is 0.638 bits per heavy atom. The number of nitrogens with zero attached hydrogens (tertiary/aromatic N) is 2. The Hall–Kier alpha value is -6.95. The second-order valence-corrected chi connectivity index (χ2v) is 15.6.